The SMILES string of the molecule is O=C(OC[C@H]1O[C@@H](Oc2cc(O)cc(O)c2)[C@H](O)[C@@H](O)[C@@H]1O)[C@H]1[C@H](C(=O)OC[C@H]2O[C@@H](Oc3cc(O)cc(O)c3)[C@H](O)[C@@H](O)[C@@H]2O)[C@H](c2ccc(O)cc2)[C@H]1c1ccc(O)cc1. The molecule has 2 aliphatic heterocycles. The molecule has 4 aromatic rings. The Hall–Kier alpha value is -6.10. The lowest BCUT2D eigenvalue weighted by Gasteiger charge is -2.50. The molecule has 12 N–H and O–H groups in total. The molecule has 3 aliphatic rings. The summed E-state index contributed by atoms with van der Waals surface area (Å²) < 4.78 is 33.6. The second-order valence-electron chi connectivity index (χ2n) is 15.2. The molecule has 14 atom stereocenters. The molecule has 3 fully saturated rings. The number of aromatic hydroxyl groups is 6. The van der Waals surface area contributed by atoms with Crippen molar-refractivity contribution in [3.8, 4) is 46.0 Å². The highest BCUT2D eigenvalue weighted by molar-refractivity contribution is 5.87. The summed E-state index contributed by atoms with van der Waals surface area (Å²) in [5.74, 6) is -8.71. The van der Waals surface area contributed by atoms with Gasteiger partial charge in [0.1, 0.15) is 108 Å². The molecule has 0 radical (unpaired) electrons. The third-order valence-electron chi connectivity index (χ3n) is 11.0. The summed E-state index contributed by atoms with van der Waals surface area (Å²) in [6, 6.07) is 17.9. The van der Waals surface area contributed by atoms with Crippen LogP contribution < -0.4 is 9.47 Å². The van der Waals surface area contributed by atoms with Crippen LogP contribution in [0, 0.1) is 11.8 Å². The maximum Gasteiger partial charge on any atom is 0.310 e. The predicted octanol–water partition coefficient (Wildman–Crippen LogP) is -0.107. The zero-order valence-corrected chi connectivity index (χ0v) is 32.2. The Morgan fingerprint density at radius 1 is 0.435 bits per heavy atom. The molecule has 0 amide bonds. The largest absolute Gasteiger partial charge is 0.508 e. The first kappa shape index (κ1) is 44.0. The van der Waals surface area contributed by atoms with Crippen LogP contribution in [0.5, 0.6) is 46.0 Å². The van der Waals surface area contributed by atoms with Crippen molar-refractivity contribution in [2.75, 3.05) is 13.2 Å². The fraction of sp³-hybridized carbons (Fsp3) is 0.381. The molecule has 4 aromatic carbocycles. The van der Waals surface area contributed by atoms with Crippen LogP contribution in [0.2, 0.25) is 0 Å². The van der Waals surface area contributed by atoms with Gasteiger partial charge >= 0.3 is 11.9 Å². The van der Waals surface area contributed by atoms with Crippen molar-refractivity contribution >= 4 is 11.9 Å². The van der Waals surface area contributed by atoms with E-state index >= 15 is 0 Å². The summed E-state index contributed by atoms with van der Waals surface area (Å²) in [5, 5.41) is 124. The number of esters is 2. The Balaban J connectivity index is 1.12. The molecule has 0 bridgehead atoms. The Kier molecular flexibility index (Phi) is 12.8. The Labute approximate surface area is 351 Å². The number of benzene rings is 4. The van der Waals surface area contributed by atoms with Gasteiger partial charge in [-0.15, -0.1) is 0 Å². The lowest BCUT2D eigenvalue weighted by molar-refractivity contribution is -0.280. The summed E-state index contributed by atoms with van der Waals surface area (Å²) in [6.07, 6.45) is -17.7. The van der Waals surface area contributed by atoms with Gasteiger partial charge < -0.3 is 89.7 Å². The average molecular weight is 869 g/mol. The van der Waals surface area contributed by atoms with Crippen molar-refractivity contribution in [1.29, 1.82) is 0 Å². The van der Waals surface area contributed by atoms with Gasteiger partial charge in [0.2, 0.25) is 12.6 Å². The van der Waals surface area contributed by atoms with Crippen molar-refractivity contribution in [3.05, 3.63) is 96.1 Å². The van der Waals surface area contributed by atoms with E-state index < -0.39 is 133 Å². The monoisotopic (exact) mass is 868 g/mol. The number of carbonyl (C=O) groups excluding carboxylic acids is 2. The fourth-order valence-corrected chi connectivity index (χ4v) is 7.92. The van der Waals surface area contributed by atoms with E-state index in [1.165, 1.54) is 48.5 Å². The summed E-state index contributed by atoms with van der Waals surface area (Å²) in [5.41, 5.74) is 0.923. The summed E-state index contributed by atoms with van der Waals surface area (Å²) in [6.45, 7) is -1.53. The zero-order chi connectivity index (χ0) is 44.6. The quantitative estimate of drug-likeness (QED) is 0.0827. The van der Waals surface area contributed by atoms with Crippen molar-refractivity contribution < 1.29 is 99.3 Å². The third kappa shape index (κ3) is 9.22. The number of carbonyl (C=O) groups is 2. The van der Waals surface area contributed by atoms with Crippen LogP contribution in [0.4, 0.5) is 0 Å². The van der Waals surface area contributed by atoms with Crippen LogP contribution in [0.15, 0.2) is 84.9 Å². The summed E-state index contributed by atoms with van der Waals surface area (Å²) in [4.78, 5) is 28.5. The van der Waals surface area contributed by atoms with Crippen LogP contribution >= 0.6 is 0 Å². The van der Waals surface area contributed by atoms with E-state index in [0.29, 0.717) is 11.1 Å². The minimum absolute atomic E-state index is 0.104. The molecular weight excluding hydrogens is 824 g/mol. The number of hydrogen-bond acceptors (Lipinski definition) is 20. The van der Waals surface area contributed by atoms with Gasteiger partial charge in [0, 0.05) is 48.2 Å². The van der Waals surface area contributed by atoms with Crippen molar-refractivity contribution in [2.24, 2.45) is 11.8 Å². The van der Waals surface area contributed by atoms with Gasteiger partial charge in [-0.25, -0.2) is 0 Å². The minimum Gasteiger partial charge on any atom is -0.508 e. The van der Waals surface area contributed by atoms with Gasteiger partial charge in [-0.2, -0.15) is 0 Å². The summed E-state index contributed by atoms with van der Waals surface area (Å²) in [7, 11) is 0. The normalized spacial score (nSPS) is 31.9. The van der Waals surface area contributed by atoms with E-state index in [1.54, 1.807) is 0 Å². The Bertz CT molecular complexity index is 2010. The van der Waals surface area contributed by atoms with E-state index in [-0.39, 0.29) is 23.0 Å². The minimum atomic E-state index is -1.90. The van der Waals surface area contributed by atoms with Crippen LogP contribution in [-0.2, 0) is 28.5 Å². The van der Waals surface area contributed by atoms with Gasteiger partial charge in [0.15, 0.2) is 0 Å². The maximum absolute atomic E-state index is 14.2. The third-order valence-corrected chi connectivity index (χ3v) is 11.0. The van der Waals surface area contributed by atoms with Crippen LogP contribution in [0.3, 0.4) is 0 Å². The Morgan fingerprint density at radius 2 is 0.758 bits per heavy atom. The van der Waals surface area contributed by atoms with E-state index in [1.807, 2.05) is 0 Å². The molecule has 1 saturated carbocycles. The number of phenols is 6. The highest BCUT2D eigenvalue weighted by Crippen LogP contribution is 2.59. The first-order valence-electron chi connectivity index (χ1n) is 19.2. The molecule has 7 rings (SSSR count). The molecule has 20 heteroatoms. The molecule has 1 aliphatic carbocycles. The Morgan fingerprint density at radius 3 is 1.08 bits per heavy atom. The van der Waals surface area contributed by atoms with Gasteiger partial charge in [-0.3, -0.25) is 9.59 Å². The number of hydrogen-bond donors (Lipinski definition) is 12. The highest BCUT2D eigenvalue weighted by Gasteiger charge is 2.60. The van der Waals surface area contributed by atoms with E-state index in [9.17, 15) is 70.9 Å². The molecule has 2 heterocycles. The molecule has 0 aromatic heterocycles. The lowest BCUT2D eigenvalue weighted by Crippen LogP contribution is -2.61. The smallest absolute Gasteiger partial charge is 0.310 e. The van der Waals surface area contributed by atoms with Gasteiger partial charge in [0.05, 0.1) is 11.8 Å². The zero-order valence-electron chi connectivity index (χ0n) is 32.2. The standard InChI is InChI=1S/C42H44O20/c43-19-5-1-17(2-6-19)29-30(18-3-7-20(44)8-4-18)32(40(56)58-16-28-34(50)36(52)38(54)42(62-28)60-26-13-23(47)10-24(48)14-26)31(29)39(55)57-15-27-33(49)35(51)37(53)41(61-27)59-25-11-21(45)9-22(46)12-25/h1-14,27-38,41-54H,15-16H2/t27-,28-,29-,30-,31-,32-,33-,34-,35+,36+,37-,38-,41-,42-/m1/s1. The van der Waals surface area contributed by atoms with Crippen molar-refractivity contribution in [2.45, 2.75) is 73.2 Å². The highest BCUT2D eigenvalue weighted by atomic mass is 16.7. The molecule has 2 saturated heterocycles. The van der Waals surface area contributed by atoms with Gasteiger partial charge in [-0.1, -0.05) is 24.3 Å². The van der Waals surface area contributed by atoms with Crippen LogP contribution in [-0.4, -0.2) is 148 Å². The average Bonchev–Trinajstić information content (AvgIpc) is 3.20. The van der Waals surface area contributed by atoms with Gasteiger partial charge in [0.25, 0.3) is 0 Å². The molecule has 20 nitrogen and oxygen atoms in total. The molecule has 332 valence electrons. The first-order valence-corrected chi connectivity index (χ1v) is 19.2. The van der Waals surface area contributed by atoms with Crippen molar-refractivity contribution in [1.82, 2.24) is 0 Å². The molecule has 0 spiro atoms. The first-order chi connectivity index (χ1) is 29.5. The van der Waals surface area contributed by atoms with E-state index in [0.717, 1.165) is 36.4 Å². The summed E-state index contributed by atoms with van der Waals surface area (Å²) >= 11 is 0. The van der Waals surface area contributed by atoms with E-state index in [4.69, 9.17) is 28.4 Å². The molecular formula is C42H44O20. The second kappa shape index (κ2) is 18.1. The topological polar surface area (TPSA) is 332 Å². The fourth-order valence-electron chi connectivity index (χ4n) is 7.92. The molecule has 0 unspecified atom stereocenters. The van der Waals surface area contributed by atoms with Crippen LogP contribution in [0.25, 0.3) is 0 Å². The number of phenolic OH excluding ortho intramolecular Hbond substituents is 6. The number of ether oxygens (including phenoxy) is 6. The second-order valence-corrected chi connectivity index (χ2v) is 15.2. The van der Waals surface area contributed by atoms with Crippen molar-refractivity contribution in [3.63, 3.8) is 0 Å². The number of aliphatic hydroxyl groups is 6. The maximum atomic E-state index is 14.2. The number of rotatable bonds is 12. The van der Waals surface area contributed by atoms with Crippen LogP contribution in [0.1, 0.15) is 23.0 Å². The van der Waals surface area contributed by atoms with Gasteiger partial charge in [-0.05, 0) is 35.4 Å². The lowest BCUT2D eigenvalue weighted by atomic mass is 9.52. The van der Waals surface area contributed by atoms with E-state index in [2.05, 4.69) is 0 Å². The molecule has 62 heavy (non-hydrogen) atoms. The predicted molar refractivity (Wildman–Crippen MR) is 205 cm³/mol. The number of aliphatic hydroxyl groups excluding tert-OH is 6.